The number of piperidine rings is 1. The summed E-state index contributed by atoms with van der Waals surface area (Å²) in [6.07, 6.45) is 6.32. The smallest absolute Gasteiger partial charge is 0.222 e. The van der Waals surface area contributed by atoms with Gasteiger partial charge in [-0.15, -0.1) is 0 Å². The van der Waals surface area contributed by atoms with E-state index in [1.807, 2.05) is 7.05 Å². The van der Waals surface area contributed by atoms with Gasteiger partial charge in [0.05, 0.1) is 0 Å². The molecular formula is C16H33N3O. The van der Waals surface area contributed by atoms with E-state index in [1.165, 1.54) is 12.8 Å². The van der Waals surface area contributed by atoms with Crippen molar-refractivity contribution in [1.29, 1.82) is 0 Å². The number of hydrogen-bond acceptors (Lipinski definition) is 3. The van der Waals surface area contributed by atoms with E-state index in [9.17, 15) is 4.79 Å². The molecule has 0 bridgehead atoms. The van der Waals surface area contributed by atoms with Crippen molar-refractivity contribution in [2.45, 2.75) is 58.4 Å². The lowest BCUT2D eigenvalue weighted by Gasteiger charge is -2.32. The molecule has 0 spiro atoms. The maximum Gasteiger partial charge on any atom is 0.222 e. The Labute approximate surface area is 124 Å². The lowest BCUT2D eigenvalue weighted by molar-refractivity contribution is -0.132. The zero-order valence-corrected chi connectivity index (χ0v) is 13.7. The van der Waals surface area contributed by atoms with Crippen LogP contribution in [0.2, 0.25) is 0 Å². The molecule has 0 aromatic rings. The van der Waals surface area contributed by atoms with Crippen LogP contribution in [0.25, 0.3) is 0 Å². The Morgan fingerprint density at radius 2 is 1.75 bits per heavy atom. The second kappa shape index (κ2) is 10.2. The molecule has 1 saturated heterocycles. The van der Waals surface area contributed by atoms with Crippen molar-refractivity contribution in [2.24, 2.45) is 0 Å². The van der Waals surface area contributed by atoms with E-state index in [0.717, 1.165) is 52.0 Å². The predicted molar refractivity (Wildman–Crippen MR) is 84.9 cm³/mol. The number of nitrogens with one attached hydrogen (secondary N) is 1. The normalized spacial score (nSPS) is 16.9. The lowest BCUT2D eigenvalue weighted by atomic mass is 10.0. The minimum absolute atomic E-state index is 0.354. The fourth-order valence-corrected chi connectivity index (χ4v) is 3.00. The zero-order valence-electron chi connectivity index (χ0n) is 13.7. The molecule has 0 unspecified atom stereocenters. The minimum Gasteiger partial charge on any atom is -0.343 e. The summed E-state index contributed by atoms with van der Waals surface area (Å²) in [6.45, 7) is 9.70. The van der Waals surface area contributed by atoms with Crippen LogP contribution < -0.4 is 5.32 Å². The van der Waals surface area contributed by atoms with Crippen LogP contribution in [0.1, 0.15) is 52.4 Å². The molecular weight excluding hydrogens is 250 g/mol. The predicted octanol–water partition coefficient (Wildman–Crippen LogP) is 2.10. The van der Waals surface area contributed by atoms with Crippen LogP contribution in [0.3, 0.4) is 0 Å². The van der Waals surface area contributed by atoms with Gasteiger partial charge in [-0.2, -0.15) is 0 Å². The first kappa shape index (κ1) is 17.4. The van der Waals surface area contributed by atoms with Gasteiger partial charge in [0.2, 0.25) is 5.91 Å². The summed E-state index contributed by atoms with van der Waals surface area (Å²) in [5, 5.41) is 3.30. The summed E-state index contributed by atoms with van der Waals surface area (Å²) in [6, 6.07) is 0.601. The first-order valence-electron chi connectivity index (χ1n) is 8.38. The molecule has 0 aromatic heterocycles. The van der Waals surface area contributed by atoms with Crippen LogP contribution in [0.5, 0.6) is 0 Å². The monoisotopic (exact) mass is 283 g/mol. The van der Waals surface area contributed by atoms with E-state index < -0.39 is 0 Å². The molecule has 4 heteroatoms. The Kier molecular flexibility index (Phi) is 8.86. The average molecular weight is 283 g/mol. The second-order valence-electron chi connectivity index (χ2n) is 5.89. The van der Waals surface area contributed by atoms with E-state index in [2.05, 4.69) is 29.0 Å². The first-order valence-corrected chi connectivity index (χ1v) is 8.38. The van der Waals surface area contributed by atoms with Crippen molar-refractivity contribution in [3.05, 3.63) is 0 Å². The summed E-state index contributed by atoms with van der Waals surface area (Å²) in [5.41, 5.74) is 0. The van der Waals surface area contributed by atoms with Crippen LogP contribution in [0, 0.1) is 0 Å². The highest BCUT2D eigenvalue weighted by molar-refractivity contribution is 5.76. The Hall–Kier alpha value is -0.610. The summed E-state index contributed by atoms with van der Waals surface area (Å²) in [7, 11) is 2.01. The van der Waals surface area contributed by atoms with Gasteiger partial charge in [0.15, 0.2) is 0 Å². The molecule has 1 aliphatic rings. The lowest BCUT2D eigenvalue weighted by Crippen LogP contribution is -2.44. The fourth-order valence-electron chi connectivity index (χ4n) is 3.00. The maximum absolute atomic E-state index is 12.2. The molecule has 0 saturated carbocycles. The van der Waals surface area contributed by atoms with Crippen molar-refractivity contribution in [3.63, 3.8) is 0 Å². The average Bonchev–Trinajstić information content (AvgIpc) is 2.47. The number of hydrogen-bond donors (Lipinski definition) is 1. The van der Waals surface area contributed by atoms with Crippen molar-refractivity contribution >= 4 is 5.91 Å². The van der Waals surface area contributed by atoms with Crippen LogP contribution in [-0.4, -0.2) is 61.5 Å². The number of amides is 1. The minimum atomic E-state index is 0.354. The molecule has 1 aliphatic heterocycles. The quantitative estimate of drug-likeness (QED) is 0.704. The molecule has 1 heterocycles. The third-order valence-electron chi connectivity index (χ3n) is 4.20. The number of nitrogens with zero attached hydrogens (tertiary/aromatic N) is 2. The zero-order chi connectivity index (χ0) is 14.8. The van der Waals surface area contributed by atoms with Gasteiger partial charge in [-0.1, -0.05) is 13.8 Å². The molecule has 20 heavy (non-hydrogen) atoms. The largest absolute Gasteiger partial charge is 0.343 e. The van der Waals surface area contributed by atoms with Crippen molar-refractivity contribution < 1.29 is 4.79 Å². The third kappa shape index (κ3) is 6.23. The van der Waals surface area contributed by atoms with Gasteiger partial charge in [-0.3, -0.25) is 4.79 Å². The third-order valence-corrected chi connectivity index (χ3v) is 4.20. The Balaban J connectivity index is 2.19. The molecule has 0 radical (unpaired) electrons. The number of likely N-dealkylation sites (tertiary alicyclic amines) is 1. The van der Waals surface area contributed by atoms with Crippen molar-refractivity contribution in [3.8, 4) is 0 Å². The van der Waals surface area contributed by atoms with E-state index in [0.29, 0.717) is 18.4 Å². The highest BCUT2D eigenvalue weighted by Crippen LogP contribution is 2.12. The highest BCUT2D eigenvalue weighted by atomic mass is 16.2. The molecule has 0 atom stereocenters. The summed E-state index contributed by atoms with van der Waals surface area (Å²) < 4.78 is 0. The van der Waals surface area contributed by atoms with Gasteiger partial charge < -0.3 is 15.1 Å². The standard InChI is InChI=1S/C16H33N3O/c1-4-10-18(11-5-2)12-6-7-16(20)19-13-8-15(17-3)9-14-19/h15,17H,4-14H2,1-3H3. The second-order valence-corrected chi connectivity index (χ2v) is 5.89. The van der Waals surface area contributed by atoms with Gasteiger partial charge in [0, 0.05) is 25.6 Å². The van der Waals surface area contributed by atoms with E-state index in [1.54, 1.807) is 0 Å². The van der Waals surface area contributed by atoms with E-state index >= 15 is 0 Å². The molecule has 1 rings (SSSR count). The highest BCUT2D eigenvalue weighted by Gasteiger charge is 2.21. The fraction of sp³-hybridized carbons (Fsp3) is 0.938. The van der Waals surface area contributed by atoms with Gasteiger partial charge in [0.25, 0.3) is 0 Å². The molecule has 118 valence electrons. The molecule has 4 nitrogen and oxygen atoms in total. The topological polar surface area (TPSA) is 35.6 Å². The van der Waals surface area contributed by atoms with Gasteiger partial charge in [-0.25, -0.2) is 0 Å². The van der Waals surface area contributed by atoms with Crippen LogP contribution in [0.4, 0.5) is 0 Å². The maximum atomic E-state index is 12.2. The Morgan fingerprint density at radius 1 is 1.15 bits per heavy atom. The SMILES string of the molecule is CCCN(CCC)CCCC(=O)N1CCC(NC)CC1. The van der Waals surface area contributed by atoms with Crippen LogP contribution in [0.15, 0.2) is 0 Å². The summed E-state index contributed by atoms with van der Waals surface area (Å²) in [4.78, 5) is 16.7. The van der Waals surface area contributed by atoms with E-state index in [4.69, 9.17) is 0 Å². The van der Waals surface area contributed by atoms with Gasteiger partial charge in [0.1, 0.15) is 0 Å². The number of carbonyl (C=O) groups is 1. The Bertz CT molecular complexity index is 256. The Morgan fingerprint density at radius 3 is 2.25 bits per heavy atom. The molecule has 0 aromatic carbocycles. The molecule has 1 N–H and O–H groups in total. The summed E-state index contributed by atoms with van der Waals surface area (Å²) in [5.74, 6) is 0.354. The number of rotatable bonds is 9. The first-order chi connectivity index (χ1) is 9.71. The van der Waals surface area contributed by atoms with Crippen LogP contribution in [-0.2, 0) is 4.79 Å². The van der Waals surface area contributed by atoms with Crippen LogP contribution >= 0.6 is 0 Å². The van der Waals surface area contributed by atoms with Gasteiger partial charge >= 0.3 is 0 Å². The molecule has 1 fully saturated rings. The van der Waals surface area contributed by atoms with Crippen molar-refractivity contribution in [2.75, 3.05) is 39.8 Å². The van der Waals surface area contributed by atoms with Crippen molar-refractivity contribution in [1.82, 2.24) is 15.1 Å². The van der Waals surface area contributed by atoms with Gasteiger partial charge in [-0.05, 0) is 58.8 Å². The summed E-state index contributed by atoms with van der Waals surface area (Å²) >= 11 is 0. The molecule has 1 amide bonds. The van der Waals surface area contributed by atoms with E-state index in [-0.39, 0.29) is 0 Å². The number of carbonyl (C=O) groups excluding carboxylic acids is 1. The molecule has 0 aliphatic carbocycles.